The van der Waals surface area contributed by atoms with Gasteiger partial charge in [-0.3, -0.25) is 9.59 Å². The van der Waals surface area contributed by atoms with Crippen molar-refractivity contribution in [2.24, 2.45) is 0 Å². The van der Waals surface area contributed by atoms with Crippen LogP contribution < -0.4 is 5.32 Å². The van der Waals surface area contributed by atoms with Gasteiger partial charge >= 0.3 is 6.18 Å². The highest BCUT2D eigenvalue weighted by Crippen LogP contribution is 2.32. The monoisotopic (exact) mass is 397 g/mol. The number of nitrogens with zero attached hydrogens (tertiary/aromatic N) is 2. The van der Waals surface area contributed by atoms with Crippen LogP contribution >= 0.6 is 0 Å². The summed E-state index contributed by atoms with van der Waals surface area (Å²) in [7, 11) is -4.15. The number of alkyl halides is 3. The van der Waals surface area contributed by atoms with Crippen molar-refractivity contribution in [3.8, 4) is 0 Å². The number of rotatable bonds is 3. The lowest BCUT2D eigenvalue weighted by Gasteiger charge is -2.20. The van der Waals surface area contributed by atoms with Crippen molar-refractivity contribution in [1.82, 2.24) is 9.97 Å². The number of Topliss-reactive ketones (excluding diaryl/α,β-unsaturated/α-hetero) is 2. The van der Waals surface area contributed by atoms with Crippen LogP contribution in [0.5, 0.6) is 0 Å². The first-order chi connectivity index (χ1) is 12.5. The zero-order valence-corrected chi connectivity index (χ0v) is 14.4. The number of hydrogen-bond donors (Lipinski definition) is 1. The molecule has 0 radical (unpaired) electrons. The first-order valence-corrected chi connectivity index (χ1v) is 9.17. The van der Waals surface area contributed by atoms with E-state index in [4.69, 9.17) is 0 Å². The Labute approximate surface area is 150 Å². The Balaban J connectivity index is 2.11. The van der Waals surface area contributed by atoms with E-state index in [0.29, 0.717) is 0 Å². The molecule has 0 unspecified atom stereocenters. The molecule has 0 spiro atoms. The molecule has 1 aromatic heterocycles. The van der Waals surface area contributed by atoms with Gasteiger partial charge in [0, 0.05) is 18.1 Å². The van der Waals surface area contributed by atoms with E-state index in [2.05, 4.69) is 15.3 Å². The molecule has 0 aliphatic heterocycles. The van der Waals surface area contributed by atoms with Gasteiger partial charge in [-0.15, -0.1) is 0 Å². The van der Waals surface area contributed by atoms with E-state index in [1.807, 2.05) is 0 Å². The number of carbonyl (C=O) groups is 2. The number of hydrogen-bond acceptors (Lipinski definition) is 7. The van der Waals surface area contributed by atoms with Gasteiger partial charge in [-0.05, 0) is 24.3 Å². The zero-order valence-electron chi connectivity index (χ0n) is 13.5. The smallest absolute Gasteiger partial charge is 0.351 e. The van der Waals surface area contributed by atoms with Gasteiger partial charge in [0.25, 0.3) is 0 Å². The van der Waals surface area contributed by atoms with Gasteiger partial charge in [-0.1, -0.05) is 0 Å². The summed E-state index contributed by atoms with van der Waals surface area (Å²) in [6.45, 7) is 0. The van der Waals surface area contributed by atoms with E-state index in [9.17, 15) is 31.2 Å². The van der Waals surface area contributed by atoms with Crippen LogP contribution in [0.15, 0.2) is 47.4 Å². The Hall–Kier alpha value is -3.08. The van der Waals surface area contributed by atoms with Crippen molar-refractivity contribution >= 4 is 27.1 Å². The molecular weight excluding hydrogens is 387 g/mol. The summed E-state index contributed by atoms with van der Waals surface area (Å²) in [5.41, 5.74) is -2.04. The Bertz CT molecular complexity index is 1090. The van der Waals surface area contributed by atoms with Crippen molar-refractivity contribution in [3.05, 3.63) is 64.2 Å². The Kier molecular flexibility index (Phi) is 4.34. The summed E-state index contributed by atoms with van der Waals surface area (Å²) in [5.74, 6) is -1.85. The Morgan fingerprint density at radius 2 is 1.67 bits per heavy atom. The first-order valence-electron chi connectivity index (χ1n) is 7.28. The highest BCUT2D eigenvalue weighted by atomic mass is 32.2. The summed E-state index contributed by atoms with van der Waals surface area (Å²) in [6, 6.07) is 3.55. The number of anilines is 1. The minimum Gasteiger partial charge on any atom is -0.351 e. The van der Waals surface area contributed by atoms with Crippen LogP contribution in [-0.2, 0) is 16.0 Å². The van der Waals surface area contributed by atoms with Crippen molar-refractivity contribution in [1.29, 1.82) is 0 Å². The minimum absolute atomic E-state index is 0.000555. The maximum absolute atomic E-state index is 12.7. The number of halogens is 3. The SMILES string of the molecule is CS(=O)(=O)C1=C(Nc2ccc(C(F)(F)F)cc2)C(=O)c2cncnc2C1=O. The van der Waals surface area contributed by atoms with Gasteiger partial charge in [0.05, 0.1) is 11.1 Å². The van der Waals surface area contributed by atoms with Gasteiger partial charge in [-0.25, -0.2) is 18.4 Å². The lowest BCUT2D eigenvalue weighted by Crippen LogP contribution is -2.30. The number of aromatic nitrogens is 2. The largest absolute Gasteiger partial charge is 0.416 e. The summed E-state index contributed by atoms with van der Waals surface area (Å²) < 4.78 is 62.1. The molecule has 0 saturated carbocycles. The third-order valence-electron chi connectivity index (χ3n) is 3.68. The van der Waals surface area contributed by atoms with E-state index in [1.165, 1.54) is 0 Å². The fraction of sp³-hybridized carbons (Fsp3) is 0.125. The molecule has 2 aromatic rings. The molecule has 0 fully saturated rings. The molecule has 140 valence electrons. The molecule has 0 bridgehead atoms. The van der Waals surface area contributed by atoms with E-state index >= 15 is 0 Å². The first kappa shape index (κ1) is 18.7. The number of nitrogens with one attached hydrogen (secondary N) is 1. The molecule has 7 nitrogen and oxygen atoms in total. The Morgan fingerprint density at radius 1 is 1.04 bits per heavy atom. The number of allylic oxidation sites excluding steroid dienone is 2. The second-order valence-electron chi connectivity index (χ2n) is 5.62. The average molecular weight is 397 g/mol. The maximum Gasteiger partial charge on any atom is 0.416 e. The fourth-order valence-electron chi connectivity index (χ4n) is 2.49. The number of carbonyl (C=O) groups excluding carboxylic acids is 2. The highest BCUT2D eigenvalue weighted by molar-refractivity contribution is 7.95. The molecule has 11 heteroatoms. The van der Waals surface area contributed by atoms with Crippen LogP contribution in [0.1, 0.15) is 26.4 Å². The number of benzene rings is 1. The quantitative estimate of drug-likeness (QED) is 0.847. The number of ketones is 2. The summed E-state index contributed by atoms with van der Waals surface area (Å²) >= 11 is 0. The molecule has 1 aliphatic rings. The zero-order chi connectivity index (χ0) is 20.0. The number of fused-ring (bicyclic) bond motifs is 1. The predicted molar refractivity (Wildman–Crippen MR) is 87.6 cm³/mol. The van der Waals surface area contributed by atoms with E-state index in [1.54, 1.807) is 0 Å². The van der Waals surface area contributed by atoms with E-state index in [0.717, 1.165) is 43.0 Å². The van der Waals surface area contributed by atoms with Crippen molar-refractivity contribution < 1.29 is 31.2 Å². The molecule has 0 saturated heterocycles. The molecule has 0 atom stereocenters. The van der Waals surface area contributed by atoms with Crippen LogP contribution in [0.2, 0.25) is 0 Å². The van der Waals surface area contributed by atoms with E-state index in [-0.39, 0.29) is 16.9 Å². The van der Waals surface area contributed by atoms with Gasteiger partial charge < -0.3 is 5.32 Å². The summed E-state index contributed by atoms with van der Waals surface area (Å²) in [6.07, 6.45) is -1.75. The lowest BCUT2D eigenvalue weighted by molar-refractivity contribution is -0.137. The highest BCUT2D eigenvalue weighted by Gasteiger charge is 2.39. The van der Waals surface area contributed by atoms with Crippen molar-refractivity contribution in [2.75, 3.05) is 11.6 Å². The normalized spacial score (nSPS) is 15.0. The van der Waals surface area contributed by atoms with Gasteiger partial charge in [0.2, 0.25) is 11.6 Å². The molecule has 1 heterocycles. The fourth-order valence-corrected chi connectivity index (χ4v) is 3.44. The van der Waals surface area contributed by atoms with Gasteiger partial charge in [0.15, 0.2) is 9.84 Å². The molecule has 1 N–H and O–H groups in total. The molecule has 27 heavy (non-hydrogen) atoms. The minimum atomic E-state index is -4.55. The van der Waals surface area contributed by atoms with E-state index < -0.39 is 43.7 Å². The third-order valence-corrected chi connectivity index (χ3v) is 4.82. The third kappa shape index (κ3) is 3.45. The van der Waals surface area contributed by atoms with Crippen LogP contribution in [0.25, 0.3) is 0 Å². The van der Waals surface area contributed by atoms with Crippen molar-refractivity contribution in [2.45, 2.75) is 6.18 Å². The predicted octanol–water partition coefficient (Wildman–Crippen LogP) is 2.24. The topological polar surface area (TPSA) is 106 Å². The second-order valence-corrected chi connectivity index (χ2v) is 7.57. The maximum atomic E-state index is 12.7. The van der Waals surface area contributed by atoms with Gasteiger partial charge in [0.1, 0.15) is 22.6 Å². The second kappa shape index (κ2) is 6.27. The van der Waals surface area contributed by atoms with Crippen LogP contribution in [0, 0.1) is 0 Å². The molecule has 0 amide bonds. The van der Waals surface area contributed by atoms with Gasteiger partial charge in [-0.2, -0.15) is 13.2 Å². The van der Waals surface area contributed by atoms with Crippen LogP contribution in [-0.4, -0.2) is 36.2 Å². The average Bonchev–Trinajstić information content (AvgIpc) is 2.58. The van der Waals surface area contributed by atoms with Crippen LogP contribution in [0.4, 0.5) is 18.9 Å². The molecule has 1 aliphatic carbocycles. The number of sulfone groups is 1. The standard InChI is InChI=1S/C16H10F3N3O4S/c1-27(25,26)15-12(13(23)10-6-20-7-21-11(10)14(15)24)22-9-4-2-8(3-5-9)16(17,18)19/h2-7,22H,1H3. The molecule has 3 rings (SSSR count). The summed E-state index contributed by atoms with van der Waals surface area (Å²) in [5, 5.41) is 2.44. The van der Waals surface area contributed by atoms with Crippen molar-refractivity contribution in [3.63, 3.8) is 0 Å². The molecular formula is C16H10F3N3O4S. The Morgan fingerprint density at radius 3 is 2.22 bits per heavy atom. The molecule has 1 aromatic carbocycles. The summed E-state index contributed by atoms with van der Waals surface area (Å²) in [4.78, 5) is 31.7. The van der Waals surface area contributed by atoms with Crippen LogP contribution in [0.3, 0.4) is 0 Å². The lowest BCUT2D eigenvalue weighted by atomic mass is 9.98.